The lowest BCUT2D eigenvalue weighted by Gasteiger charge is -2.26. The van der Waals surface area contributed by atoms with Gasteiger partial charge in [0, 0.05) is 62.7 Å². The minimum absolute atomic E-state index is 0.0948. The van der Waals surface area contributed by atoms with Crippen molar-refractivity contribution in [2.75, 3.05) is 32.2 Å². The van der Waals surface area contributed by atoms with Gasteiger partial charge in [-0.2, -0.15) is 5.10 Å². The standard InChI is InChI=1S/C25H30FN7O2/c1-16(2)27-10-11-33(21-12-18(34-4)13-22(35-5)24(21)26)23-7-6-20-25(31-23)30-19(8-9-28-20)17-14-29-32(3)15-17/h6-7,9,12-16,27H,8,10-11H2,1-5H3. The van der Waals surface area contributed by atoms with Crippen LogP contribution in [0.15, 0.2) is 46.6 Å². The molecule has 1 N–H and O–H groups in total. The van der Waals surface area contributed by atoms with Crippen LogP contribution in [0.1, 0.15) is 25.8 Å². The number of fused-ring (bicyclic) bond motifs is 1. The summed E-state index contributed by atoms with van der Waals surface area (Å²) in [7, 11) is 4.83. The Morgan fingerprint density at radius 2 is 2.03 bits per heavy atom. The highest BCUT2D eigenvalue weighted by atomic mass is 19.1. The van der Waals surface area contributed by atoms with Gasteiger partial charge < -0.3 is 19.7 Å². The zero-order chi connectivity index (χ0) is 24.9. The Balaban J connectivity index is 1.79. The monoisotopic (exact) mass is 479 g/mol. The van der Waals surface area contributed by atoms with Gasteiger partial charge in [-0.1, -0.05) is 13.8 Å². The number of pyridine rings is 1. The fraction of sp³-hybridized carbons (Fsp3) is 0.360. The zero-order valence-corrected chi connectivity index (χ0v) is 20.6. The number of ether oxygens (including phenoxy) is 2. The predicted molar refractivity (Wildman–Crippen MR) is 136 cm³/mol. The molecule has 0 atom stereocenters. The van der Waals surface area contributed by atoms with Gasteiger partial charge in [-0.3, -0.25) is 9.67 Å². The number of aliphatic imine (C=N–C) groups is 2. The van der Waals surface area contributed by atoms with Crippen molar-refractivity contribution < 1.29 is 13.9 Å². The second kappa shape index (κ2) is 10.6. The maximum absolute atomic E-state index is 15.5. The Hall–Kier alpha value is -3.79. The van der Waals surface area contributed by atoms with Crippen LogP contribution in [0, 0.1) is 5.82 Å². The van der Waals surface area contributed by atoms with E-state index in [9.17, 15) is 0 Å². The van der Waals surface area contributed by atoms with E-state index in [4.69, 9.17) is 19.5 Å². The molecule has 35 heavy (non-hydrogen) atoms. The molecule has 3 heterocycles. The maximum atomic E-state index is 15.5. The Kier molecular flexibility index (Phi) is 7.40. The molecule has 184 valence electrons. The van der Waals surface area contributed by atoms with Crippen molar-refractivity contribution in [3.05, 3.63) is 48.0 Å². The number of benzene rings is 1. The molecule has 0 saturated carbocycles. The van der Waals surface area contributed by atoms with Crippen LogP contribution in [-0.4, -0.2) is 60.0 Å². The molecule has 0 amide bonds. The molecule has 1 aliphatic rings. The lowest BCUT2D eigenvalue weighted by atomic mass is 10.2. The number of halogens is 1. The summed E-state index contributed by atoms with van der Waals surface area (Å²) in [6.07, 6.45) is 6.05. The van der Waals surface area contributed by atoms with Crippen molar-refractivity contribution >= 4 is 34.9 Å². The van der Waals surface area contributed by atoms with Crippen molar-refractivity contribution in [3.63, 3.8) is 0 Å². The van der Waals surface area contributed by atoms with Gasteiger partial charge in [0.15, 0.2) is 17.4 Å². The predicted octanol–water partition coefficient (Wildman–Crippen LogP) is 4.33. The summed E-state index contributed by atoms with van der Waals surface area (Å²) >= 11 is 0. The van der Waals surface area contributed by atoms with E-state index in [1.807, 2.05) is 31.6 Å². The highest BCUT2D eigenvalue weighted by Gasteiger charge is 2.22. The highest BCUT2D eigenvalue weighted by Crippen LogP contribution is 2.38. The average Bonchev–Trinajstić information content (AvgIpc) is 3.16. The van der Waals surface area contributed by atoms with Crippen molar-refractivity contribution in [1.29, 1.82) is 0 Å². The van der Waals surface area contributed by atoms with Gasteiger partial charge in [0.05, 0.1) is 31.8 Å². The fourth-order valence-corrected chi connectivity index (χ4v) is 3.77. The summed E-state index contributed by atoms with van der Waals surface area (Å²) in [4.78, 5) is 15.9. The molecule has 0 spiro atoms. The first-order chi connectivity index (χ1) is 16.9. The van der Waals surface area contributed by atoms with Crippen LogP contribution in [0.5, 0.6) is 11.5 Å². The van der Waals surface area contributed by atoms with Gasteiger partial charge in [-0.25, -0.2) is 14.4 Å². The van der Waals surface area contributed by atoms with Crippen molar-refractivity contribution in [2.45, 2.75) is 26.3 Å². The number of aromatic nitrogens is 3. The fourth-order valence-electron chi connectivity index (χ4n) is 3.77. The molecule has 0 radical (unpaired) electrons. The molecule has 1 aromatic carbocycles. The Morgan fingerprint density at radius 1 is 1.20 bits per heavy atom. The van der Waals surface area contributed by atoms with Crippen LogP contribution < -0.4 is 19.7 Å². The number of rotatable bonds is 9. The second-order valence-electron chi connectivity index (χ2n) is 8.41. The molecule has 4 rings (SSSR count). The smallest absolute Gasteiger partial charge is 0.188 e. The van der Waals surface area contributed by atoms with Gasteiger partial charge in [0.25, 0.3) is 0 Å². The Labute approximate surface area is 204 Å². The first-order valence-electron chi connectivity index (χ1n) is 11.4. The molecule has 10 heteroatoms. The third kappa shape index (κ3) is 5.48. The summed E-state index contributed by atoms with van der Waals surface area (Å²) in [5.41, 5.74) is 2.66. The lowest BCUT2D eigenvalue weighted by Crippen LogP contribution is -2.33. The first kappa shape index (κ1) is 24.3. The molecular formula is C25H30FN7O2. The van der Waals surface area contributed by atoms with Gasteiger partial charge in [-0.15, -0.1) is 0 Å². The van der Waals surface area contributed by atoms with Crippen LogP contribution in [0.25, 0.3) is 0 Å². The molecule has 0 fully saturated rings. The third-order valence-electron chi connectivity index (χ3n) is 5.54. The van der Waals surface area contributed by atoms with Crippen LogP contribution in [0.4, 0.5) is 27.4 Å². The molecule has 1 aliphatic heterocycles. The van der Waals surface area contributed by atoms with Crippen LogP contribution in [-0.2, 0) is 7.05 Å². The number of nitrogens with one attached hydrogen (secondary N) is 1. The normalized spacial score (nSPS) is 12.8. The van der Waals surface area contributed by atoms with E-state index in [-0.39, 0.29) is 11.8 Å². The van der Waals surface area contributed by atoms with Gasteiger partial charge in [0.2, 0.25) is 0 Å². The number of nitrogens with zero attached hydrogens (tertiary/aromatic N) is 6. The molecule has 0 bridgehead atoms. The molecule has 2 aromatic heterocycles. The summed E-state index contributed by atoms with van der Waals surface area (Å²) in [5, 5.41) is 7.63. The molecule has 0 saturated heterocycles. The average molecular weight is 480 g/mol. The number of methoxy groups -OCH3 is 2. The van der Waals surface area contributed by atoms with E-state index in [1.54, 1.807) is 21.8 Å². The summed E-state index contributed by atoms with van der Waals surface area (Å²) in [6.45, 7) is 5.19. The third-order valence-corrected chi connectivity index (χ3v) is 5.54. The van der Waals surface area contributed by atoms with E-state index in [0.717, 1.165) is 11.3 Å². The largest absolute Gasteiger partial charge is 0.497 e. The van der Waals surface area contributed by atoms with Crippen LogP contribution in [0.3, 0.4) is 0 Å². The van der Waals surface area contributed by atoms with Crippen molar-refractivity contribution in [1.82, 2.24) is 20.1 Å². The van der Waals surface area contributed by atoms with Crippen LogP contribution in [0.2, 0.25) is 0 Å². The first-order valence-corrected chi connectivity index (χ1v) is 11.4. The molecule has 0 unspecified atom stereocenters. The topological polar surface area (TPSA) is 89.2 Å². The number of hydrogen-bond acceptors (Lipinski definition) is 8. The maximum Gasteiger partial charge on any atom is 0.188 e. The van der Waals surface area contributed by atoms with E-state index in [0.29, 0.717) is 48.3 Å². The number of aryl methyl sites for hydroxylation is 1. The molecule has 3 aromatic rings. The quantitative estimate of drug-likeness (QED) is 0.491. The molecule has 0 aliphatic carbocycles. The summed E-state index contributed by atoms with van der Waals surface area (Å²) in [5.74, 6) is 1.09. The van der Waals surface area contributed by atoms with E-state index < -0.39 is 5.82 Å². The van der Waals surface area contributed by atoms with Crippen LogP contribution >= 0.6 is 0 Å². The highest BCUT2D eigenvalue weighted by molar-refractivity contribution is 6.09. The number of anilines is 2. The minimum atomic E-state index is -0.493. The summed E-state index contributed by atoms with van der Waals surface area (Å²) in [6, 6.07) is 7.11. The Morgan fingerprint density at radius 3 is 2.71 bits per heavy atom. The van der Waals surface area contributed by atoms with Gasteiger partial charge in [-0.05, 0) is 12.1 Å². The van der Waals surface area contributed by atoms with E-state index >= 15 is 4.39 Å². The minimum Gasteiger partial charge on any atom is -0.497 e. The second-order valence-corrected chi connectivity index (χ2v) is 8.41. The van der Waals surface area contributed by atoms with E-state index in [2.05, 4.69) is 29.3 Å². The van der Waals surface area contributed by atoms with Gasteiger partial charge >= 0.3 is 0 Å². The zero-order valence-electron chi connectivity index (χ0n) is 20.6. The number of hydrogen-bond donors (Lipinski definition) is 1. The van der Waals surface area contributed by atoms with E-state index in [1.165, 1.54) is 20.3 Å². The SMILES string of the molecule is COc1cc(OC)c(F)c(N(CCNC(C)C)c2ccc3c(n2)N=C(c2cnn(C)c2)CC=N3)c1. The van der Waals surface area contributed by atoms with Crippen molar-refractivity contribution in [3.8, 4) is 11.5 Å². The lowest BCUT2D eigenvalue weighted by molar-refractivity contribution is 0.374. The Bertz CT molecular complexity index is 1250. The van der Waals surface area contributed by atoms with Gasteiger partial charge in [0.1, 0.15) is 17.3 Å². The van der Waals surface area contributed by atoms with Crippen molar-refractivity contribution in [2.24, 2.45) is 17.0 Å². The summed E-state index contributed by atoms with van der Waals surface area (Å²) < 4.78 is 27.9. The molecular weight excluding hydrogens is 449 g/mol. The molecule has 9 nitrogen and oxygen atoms in total.